The van der Waals surface area contributed by atoms with Gasteiger partial charge in [0.25, 0.3) is 0 Å². The molecule has 0 aliphatic heterocycles. The summed E-state index contributed by atoms with van der Waals surface area (Å²) in [7, 11) is -2.44. The zero-order valence-corrected chi connectivity index (χ0v) is 17.5. The van der Waals surface area contributed by atoms with Gasteiger partial charge in [-0.05, 0) is 0 Å². The number of hydrogen-bond donors (Lipinski definition) is 0. The van der Waals surface area contributed by atoms with Crippen molar-refractivity contribution in [2.75, 3.05) is 6.61 Å². The van der Waals surface area contributed by atoms with Crippen molar-refractivity contribution in [1.29, 1.82) is 0 Å². The summed E-state index contributed by atoms with van der Waals surface area (Å²) in [6, 6.07) is 0. The first kappa shape index (κ1) is 17.7. The van der Waals surface area contributed by atoms with Gasteiger partial charge in [0.15, 0.2) is 0 Å². The van der Waals surface area contributed by atoms with E-state index in [1.165, 1.54) is 0 Å². The SMILES string of the molecule is C[Si](C)(C)OCC/C=[C](/[Si](C)(C)C)[Ge]([CH3])([CH3])[CH3]. The Labute approximate surface area is 114 Å². The molecule has 0 N–H and O–H groups in total. The fourth-order valence-electron chi connectivity index (χ4n) is 2.31. The summed E-state index contributed by atoms with van der Waals surface area (Å²) in [5.74, 6) is 7.55. The van der Waals surface area contributed by atoms with E-state index in [-0.39, 0.29) is 0 Å². The van der Waals surface area contributed by atoms with Crippen LogP contribution in [0.4, 0.5) is 0 Å². The molecule has 0 aromatic heterocycles. The van der Waals surface area contributed by atoms with Crippen LogP contribution in [0.1, 0.15) is 6.42 Å². The van der Waals surface area contributed by atoms with Crippen molar-refractivity contribution in [2.45, 2.75) is 63.0 Å². The summed E-state index contributed by atoms with van der Waals surface area (Å²) in [6.45, 7) is 15.1. The predicted molar refractivity (Wildman–Crippen MR) is 88.7 cm³/mol. The Bertz CT molecular complexity index is 251. The standard InChI is InChI=1S/C13H32GeOSi2/c1-14(2,3)13(16(4,5)6)11-10-12-15-17(7,8)9/h11H,10,12H2,1-9H3/b13-11+. The summed E-state index contributed by atoms with van der Waals surface area (Å²) < 4.78 is 7.79. The third-order valence-corrected chi connectivity index (χ3v) is 17.9. The van der Waals surface area contributed by atoms with Gasteiger partial charge in [0.2, 0.25) is 0 Å². The molecular formula is C13H32GeOSi2. The normalized spacial score (nSPS) is 15.2. The van der Waals surface area contributed by atoms with Crippen LogP contribution >= 0.6 is 0 Å². The average molecular weight is 333 g/mol. The summed E-state index contributed by atoms with van der Waals surface area (Å²) in [5.41, 5.74) is 0. The second-order valence-electron chi connectivity index (χ2n) is 7.87. The Morgan fingerprint density at radius 3 is 1.76 bits per heavy atom. The van der Waals surface area contributed by atoms with E-state index in [1.807, 2.05) is 4.03 Å². The van der Waals surface area contributed by atoms with Crippen molar-refractivity contribution in [3.63, 3.8) is 0 Å². The van der Waals surface area contributed by atoms with Gasteiger partial charge in [-0.1, -0.05) is 0 Å². The summed E-state index contributed by atoms with van der Waals surface area (Å²) in [4.78, 5) is 0. The molecule has 0 atom stereocenters. The van der Waals surface area contributed by atoms with Crippen molar-refractivity contribution in [2.24, 2.45) is 0 Å². The van der Waals surface area contributed by atoms with Gasteiger partial charge in [0.1, 0.15) is 0 Å². The maximum atomic E-state index is 5.94. The summed E-state index contributed by atoms with van der Waals surface area (Å²) in [5, 5.41) is 0. The topological polar surface area (TPSA) is 9.23 Å². The first-order valence-corrected chi connectivity index (χ1v) is 20.9. The molecule has 0 radical (unpaired) electrons. The van der Waals surface area contributed by atoms with Crippen LogP contribution in [0.15, 0.2) is 10.1 Å². The van der Waals surface area contributed by atoms with Crippen molar-refractivity contribution in [3.05, 3.63) is 10.1 Å². The Morgan fingerprint density at radius 1 is 1.00 bits per heavy atom. The van der Waals surface area contributed by atoms with Crippen molar-refractivity contribution in [1.82, 2.24) is 0 Å². The molecule has 0 spiro atoms. The van der Waals surface area contributed by atoms with E-state index in [2.05, 4.69) is 62.6 Å². The van der Waals surface area contributed by atoms with Crippen LogP contribution in [0.3, 0.4) is 0 Å². The van der Waals surface area contributed by atoms with E-state index in [1.54, 1.807) is 0 Å². The van der Waals surface area contributed by atoms with E-state index in [0.29, 0.717) is 0 Å². The van der Waals surface area contributed by atoms with Gasteiger partial charge >= 0.3 is 114 Å². The fourth-order valence-corrected chi connectivity index (χ4v) is 21.8. The van der Waals surface area contributed by atoms with E-state index >= 15 is 0 Å². The second-order valence-corrected chi connectivity index (χ2v) is 29.0. The minimum absolute atomic E-state index is 0.919. The van der Waals surface area contributed by atoms with Crippen LogP contribution < -0.4 is 0 Å². The Morgan fingerprint density at radius 2 is 1.47 bits per heavy atom. The van der Waals surface area contributed by atoms with Crippen LogP contribution in [0.2, 0.25) is 56.6 Å². The van der Waals surface area contributed by atoms with Gasteiger partial charge < -0.3 is 0 Å². The van der Waals surface area contributed by atoms with Gasteiger partial charge in [0, 0.05) is 0 Å². The Hall–Kier alpha value is 0.677. The first-order valence-electron chi connectivity index (χ1n) is 6.69. The third-order valence-electron chi connectivity index (χ3n) is 2.62. The van der Waals surface area contributed by atoms with Gasteiger partial charge in [0.05, 0.1) is 0 Å². The molecule has 0 heterocycles. The maximum absolute atomic E-state index is 5.94. The van der Waals surface area contributed by atoms with E-state index in [0.717, 1.165) is 13.0 Å². The molecule has 102 valence electrons. The minimum atomic E-state index is -1.65. The molecule has 0 rings (SSSR count). The van der Waals surface area contributed by atoms with Gasteiger partial charge in [-0.25, -0.2) is 0 Å². The molecule has 17 heavy (non-hydrogen) atoms. The molecule has 0 saturated heterocycles. The van der Waals surface area contributed by atoms with E-state index in [9.17, 15) is 0 Å². The molecular weight excluding hydrogens is 301 g/mol. The zero-order chi connectivity index (χ0) is 13.9. The van der Waals surface area contributed by atoms with Crippen molar-refractivity contribution in [3.8, 4) is 0 Å². The van der Waals surface area contributed by atoms with E-state index < -0.39 is 29.7 Å². The summed E-state index contributed by atoms with van der Waals surface area (Å²) in [6.07, 6.45) is 3.65. The molecule has 0 fully saturated rings. The van der Waals surface area contributed by atoms with Crippen LogP contribution in [0.5, 0.6) is 0 Å². The van der Waals surface area contributed by atoms with Crippen LogP contribution in [0, 0.1) is 0 Å². The first-order chi connectivity index (χ1) is 7.34. The van der Waals surface area contributed by atoms with Crippen LogP contribution in [-0.2, 0) is 4.43 Å². The second kappa shape index (κ2) is 6.22. The van der Waals surface area contributed by atoms with Gasteiger partial charge in [-0.2, -0.15) is 0 Å². The summed E-state index contributed by atoms with van der Waals surface area (Å²) >= 11 is -1.65. The molecule has 0 aliphatic carbocycles. The Balaban J connectivity index is 4.55. The molecule has 0 aromatic rings. The van der Waals surface area contributed by atoms with Crippen LogP contribution in [0.25, 0.3) is 0 Å². The monoisotopic (exact) mass is 334 g/mol. The average Bonchev–Trinajstić information content (AvgIpc) is 1.95. The van der Waals surface area contributed by atoms with Crippen molar-refractivity contribution >= 4 is 29.7 Å². The molecule has 1 nitrogen and oxygen atoms in total. The molecule has 0 amide bonds. The molecule has 0 saturated carbocycles. The zero-order valence-electron chi connectivity index (χ0n) is 13.4. The predicted octanol–water partition coefficient (Wildman–Crippen LogP) is 4.91. The van der Waals surface area contributed by atoms with Gasteiger partial charge in [-0.15, -0.1) is 0 Å². The van der Waals surface area contributed by atoms with Crippen molar-refractivity contribution < 1.29 is 4.43 Å². The quantitative estimate of drug-likeness (QED) is 0.496. The number of rotatable bonds is 6. The molecule has 0 bridgehead atoms. The molecule has 0 unspecified atom stereocenters. The van der Waals surface area contributed by atoms with Gasteiger partial charge in [-0.3, -0.25) is 0 Å². The number of hydrogen-bond acceptors (Lipinski definition) is 1. The molecule has 0 aliphatic rings. The van der Waals surface area contributed by atoms with Crippen LogP contribution in [-0.4, -0.2) is 36.3 Å². The van der Waals surface area contributed by atoms with E-state index in [4.69, 9.17) is 4.43 Å². The fraction of sp³-hybridized carbons (Fsp3) is 0.846. The Kier molecular flexibility index (Phi) is 6.46. The molecule has 4 heteroatoms. The molecule has 0 aromatic carbocycles. The third kappa shape index (κ3) is 8.40.